The molecule has 1 fully saturated rings. The highest BCUT2D eigenvalue weighted by molar-refractivity contribution is 5.95. The Morgan fingerprint density at radius 1 is 1.05 bits per heavy atom. The number of aliphatic hydroxyl groups excluding tert-OH is 1. The maximum atomic E-state index is 14.3. The number of rotatable bonds is 8. The number of halogens is 4. The molecule has 2 heterocycles. The first-order valence-electron chi connectivity index (χ1n) is 12.3. The molecule has 37 heavy (non-hydrogen) atoms. The molecule has 0 saturated carbocycles. The summed E-state index contributed by atoms with van der Waals surface area (Å²) in [7, 11) is 1.53. The first kappa shape index (κ1) is 27.0. The highest BCUT2D eigenvalue weighted by Crippen LogP contribution is 2.39. The van der Waals surface area contributed by atoms with E-state index in [-0.39, 0.29) is 24.8 Å². The van der Waals surface area contributed by atoms with Gasteiger partial charge in [0.15, 0.2) is 6.29 Å². The molecule has 4 rings (SSSR count). The van der Waals surface area contributed by atoms with Gasteiger partial charge in [-0.15, -0.1) is 0 Å². The summed E-state index contributed by atoms with van der Waals surface area (Å²) >= 11 is 0. The molecule has 2 atom stereocenters. The molecule has 1 saturated heterocycles. The third-order valence-corrected chi connectivity index (χ3v) is 6.87. The van der Waals surface area contributed by atoms with Crippen molar-refractivity contribution in [2.24, 2.45) is 11.0 Å². The van der Waals surface area contributed by atoms with Gasteiger partial charge in [0, 0.05) is 44.3 Å². The molecule has 0 spiro atoms. The number of ether oxygens (including phenoxy) is 2. The molecule has 0 bridgehead atoms. The summed E-state index contributed by atoms with van der Waals surface area (Å²) in [5.74, 6) is -0.149. The van der Waals surface area contributed by atoms with Gasteiger partial charge in [0.05, 0.1) is 24.5 Å². The minimum Gasteiger partial charge on any atom is -0.497 e. The van der Waals surface area contributed by atoms with Gasteiger partial charge in [-0.1, -0.05) is 6.92 Å². The minimum absolute atomic E-state index is 0.0980. The van der Waals surface area contributed by atoms with Crippen molar-refractivity contribution in [1.29, 1.82) is 0 Å². The number of methoxy groups -OCH3 is 1. The van der Waals surface area contributed by atoms with Gasteiger partial charge in [0.25, 0.3) is 0 Å². The van der Waals surface area contributed by atoms with Crippen LogP contribution in [0.5, 0.6) is 11.5 Å². The fraction of sp³-hybridized carbons (Fsp3) is 0.500. The van der Waals surface area contributed by atoms with Gasteiger partial charge in [-0.25, -0.2) is 4.39 Å². The van der Waals surface area contributed by atoms with Gasteiger partial charge < -0.3 is 24.6 Å². The van der Waals surface area contributed by atoms with Crippen molar-refractivity contribution in [1.82, 2.24) is 0 Å². The number of anilines is 2. The second kappa shape index (κ2) is 11.1. The van der Waals surface area contributed by atoms with Crippen LogP contribution in [-0.2, 0) is 0 Å². The van der Waals surface area contributed by atoms with Gasteiger partial charge >= 0.3 is 6.18 Å². The molecule has 202 valence electrons. The molecular formula is C26H31F4N3O4. The van der Waals surface area contributed by atoms with Gasteiger partial charge in [0.2, 0.25) is 0 Å². The van der Waals surface area contributed by atoms with Crippen LogP contribution in [0.3, 0.4) is 0 Å². The van der Waals surface area contributed by atoms with E-state index in [4.69, 9.17) is 9.47 Å². The van der Waals surface area contributed by atoms with E-state index in [9.17, 15) is 27.8 Å². The number of hydrogen-bond acceptors (Lipinski definition) is 7. The predicted molar refractivity (Wildman–Crippen MR) is 132 cm³/mol. The summed E-state index contributed by atoms with van der Waals surface area (Å²) in [5.41, 5.74) is -0.0290. The average molecular weight is 526 g/mol. The Kier molecular flexibility index (Phi) is 8.13. The van der Waals surface area contributed by atoms with E-state index >= 15 is 0 Å². The normalized spacial score (nSPS) is 20.9. The van der Waals surface area contributed by atoms with Crippen molar-refractivity contribution < 1.29 is 37.2 Å². The van der Waals surface area contributed by atoms with Crippen LogP contribution in [0.4, 0.5) is 28.9 Å². The number of aliphatic hydroxyl groups is 2. The Morgan fingerprint density at radius 2 is 1.70 bits per heavy atom. The second-order valence-corrected chi connectivity index (χ2v) is 9.24. The fourth-order valence-electron chi connectivity index (χ4n) is 5.02. The molecule has 2 aromatic carbocycles. The van der Waals surface area contributed by atoms with Crippen LogP contribution in [0.2, 0.25) is 0 Å². The summed E-state index contributed by atoms with van der Waals surface area (Å²) in [6, 6.07) is 10.4. The molecule has 2 aromatic rings. The lowest BCUT2D eigenvalue weighted by Crippen LogP contribution is -2.39. The molecule has 2 aliphatic rings. The van der Waals surface area contributed by atoms with E-state index in [0.29, 0.717) is 48.8 Å². The smallest absolute Gasteiger partial charge is 0.431 e. The van der Waals surface area contributed by atoms with Crippen molar-refractivity contribution in [2.45, 2.75) is 57.2 Å². The molecule has 0 amide bonds. The SMILES string of the molecule is CC[C@@H]1C(C(F)(F)F)=NN(c2ccc(OC3CCN(c4cc(OC)ccc4F)CC3)cc2)[C@H]1CC(O)O. The number of nitrogens with zero attached hydrogens (tertiary/aromatic N) is 3. The third kappa shape index (κ3) is 6.10. The van der Waals surface area contributed by atoms with E-state index in [1.54, 1.807) is 43.3 Å². The first-order valence-corrected chi connectivity index (χ1v) is 12.3. The van der Waals surface area contributed by atoms with Crippen LogP contribution in [0.1, 0.15) is 32.6 Å². The number of piperidine rings is 1. The van der Waals surface area contributed by atoms with Crippen molar-refractivity contribution >= 4 is 17.1 Å². The van der Waals surface area contributed by atoms with Crippen LogP contribution in [0, 0.1) is 11.7 Å². The topological polar surface area (TPSA) is 77.8 Å². The van der Waals surface area contributed by atoms with Crippen LogP contribution in [0.15, 0.2) is 47.6 Å². The van der Waals surface area contributed by atoms with Crippen molar-refractivity contribution in [3.8, 4) is 11.5 Å². The average Bonchev–Trinajstić information content (AvgIpc) is 3.23. The predicted octanol–water partition coefficient (Wildman–Crippen LogP) is 4.72. The number of alkyl halides is 3. The Bertz CT molecular complexity index is 1090. The van der Waals surface area contributed by atoms with Crippen LogP contribution >= 0.6 is 0 Å². The summed E-state index contributed by atoms with van der Waals surface area (Å²) in [4.78, 5) is 1.95. The number of hydrogen-bond donors (Lipinski definition) is 2. The summed E-state index contributed by atoms with van der Waals surface area (Å²) < 4.78 is 66.3. The van der Waals surface area contributed by atoms with Crippen LogP contribution < -0.4 is 19.4 Å². The Balaban J connectivity index is 1.42. The van der Waals surface area contributed by atoms with Crippen molar-refractivity contribution in [3.05, 3.63) is 48.3 Å². The van der Waals surface area contributed by atoms with Crippen molar-refractivity contribution in [3.63, 3.8) is 0 Å². The summed E-state index contributed by atoms with van der Waals surface area (Å²) in [6.45, 7) is 2.81. The molecular weight excluding hydrogens is 494 g/mol. The Labute approximate surface area is 212 Å². The Morgan fingerprint density at radius 3 is 2.27 bits per heavy atom. The zero-order valence-electron chi connectivity index (χ0n) is 20.7. The molecule has 2 aliphatic heterocycles. The molecule has 0 aliphatic carbocycles. The highest BCUT2D eigenvalue weighted by Gasteiger charge is 2.49. The lowest BCUT2D eigenvalue weighted by Gasteiger charge is -2.34. The van der Waals surface area contributed by atoms with E-state index < -0.39 is 30.1 Å². The quantitative estimate of drug-likeness (QED) is 0.384. The molecule has 11 heteroatoms. The maximum Gasteiger partial charge on any atom is 0.431 e. The van der Waals surface area contributed by atoms with Crippen molar-refractivity contribution in [2.75, 3.05) is 30.1 Å². The summed E-state index contributed by atoms with van der Waals surface area (Å²) in [6.07, 6.45) is -5.25. The lowest BCUT2D eigenvalue weighted by molar-refractivity contribution is -0.0657. The maximum absolute atomic E-state index is 14.3. The van der Waals surface area contributed by atoms with E-state index in [1.165, 1.54) is 18.2 Å². The van der Waals surface area contributed by atoms with Gasteiger partial charge in [-0.2, -0.15) is 18.3 Å². The monoisotopic (exact) mass is 525 g/mol. The molecule has 0 radical (unpaired) electrons. The van der Waals surface area contributed by atoms with Gasteiger partial charge in [-0.3, -0.25) is 5.01 Å². The second-order valence-electron chi connectivity index (χ2n) is 9.24. The largest absolute Gasteiger partial charge is 0.497 e. The van der Waals surface area contributed by atoms with Crippen LogP contribution in [-0.4, -0.2) is 60.7 Å². The molecule has 2 N–H and O–H groups in total. The number of hydrazone groups is 1. The van der Waals surface area contributed by atoms with E-state index in [0.717, 1.165) is 0 Å². The minimum atomic E-state index is -4.61. The first-order chi connectivity index (χ1) is 17.6. The molecule has 0 unspecified atom stereocenters. The van der Waals surface area contributed by atoms with E-state index in [1.807, 2.05) is 4.90 Å². The van der Waals surface area contributed by atoms with Crippen LogP contribution in [0.25, 0.3) is 0 Å². The zero-order chi connectivity index (χ0) is 26.7. The van der Waals surface area contributed by atoms with Gasteiger partial charge in [0.1, 0.15) is 29.1 Å². The number of benzene rings is 2. The fourth-order valence-corrected chi connectivity index (χ4v) is 5.02. The molecule has 7 nitrogen and oxygen atoms in total. The standard InChI is InChI=1S/C26H31F4N3O4/c1-3-20-22(15-24(34)35)33(31-25(20)26(28,29)30)16-4-6-17(7-5-16)37-18-10-12-32(13-11-18)23-14-19(36-2)8-9-21(23)27/h4-9,14,18,20,22,24,34-35H,3,10-13,15H2,1-2H3/t20-,22-/m0/s1. The summed E-state index contributed by atoms with van der Waals surface area (Å²) in [5, 5.41) is 24.0. The lowest BCUT2D eigenvalue weighted by atomic mass is 9.90. The zero-order valence-corrected chi connectivity index (χ0v) is 20.7. The van der Waals surface area contributed by atoms with Gasteiger partial charge in [-0.05, 0) is 42.8 Å². The third-order valence-electron chi connectivity index (χ3n) is 6.87. The highest BCUT2D eigenvalue weighted by atomic mass is 19.4. The Hall–Kier alpha value is -3.05. The molecule has 0 aromatic heterocycles. The van der Waals surface area contributed by atoms with E-state index in [2.05, 4.69) is 5.10 Å².